The molecule has 0 atom stereocenters. The van der Waals surface area contributed by atoms with Crippen LogP contribution < -0.4 is 16.4 Å². The zero-order chi connectivity index (χ0) is 18.2. The molecule has 0 saturated heterocycles. The van der Waals surface area contributed by atoms with Crippen LogP contribution in [-0.2, 0) is 38.9 Å². The summed E-state index contributed by atoms with van der Waals surface area (Å²) in [4.78, 5) is 20.8. The molecule has 0 aliphatic heterocycles. The molecule has 0 aliphatic carbocycles. The third kappa shape index (κ3) is 42.7. The van der Waals surface area contributed by atoms with Crippen LogP contribution in [0.4, 0.5) is 0 Å². The average Bonchev–Trinajstić information content (AvgIpc) is 2.57. The minimum atomic E-state index is -0.800. The molecule has 0 heterocycles. The van der Waals surface area contributed by atoms with E-state index in [4.69, 9.17) is 10.5 Å². The fourth-order valence-electron chi connectivity index (χ4n) is 0.874. The third-order valence-electron chi connectivity index (χ3n) is 1.94. The molecule has 0 aromatic carbocycles. The Morgan fingerprint density at radius 1 is 1.14 bits per heavy atom. The van der Waals surface area contributed by atoms with Gasteiger partial charge in [0.1, 0.15) is 0 Å². The average molecular weight is 508 g/mol. The van der Waals surface area contributed by atoms with Crippen LogP contribution in [0.5, 0.6) is 0 Å². The standard InChI is InChI=1S/C6H13N2O2.C3H7NO.2C2H6.C2H5.Hg/c1-6(9)8-3-5-10-4-2-7;1-3(5)4-2;3*1-2;/h1-5,7H2,(H,8,9);1-2H3,(H,4,5);2*1-2H3;1H2,2H3;. The van der Waals surface area contributed by atoms with Gasteiger partial charge in [0.2, 0.25) is 5.91 Å². The summed E-state index contributed by atoms with van der Waals surface area (Å²) in [5, 5.41) is 5.22. The Labute approximate surface area is 149 Å². The molecule has 0 fully saturated rings. The first kappa shape index (κ1) is 29.8. The van der Waals surface area contributed by atoms with Gasteiger partial charge in [-0.15, -0.1) is 0 Å². The van der Waals surface area contributed by atoms with Gasteiger partial charge in [0.15, 0.2) is 0 Å². The molecule has 7 heteroatoms. The summed E-state index contributed by atoms with van der Waals surface area (Å²) in [6.45, 7) is 14.0. The molecule has 132 valence electrons. The molecule has 0 aliphatic rings. The Kier molecular flexibility index (Phi) is 44.2. The number of nitrogens with one attached hydrogen (secondary N) is 2. The van der Waals surface area contributed by atoms with Gasteiger partial charge in [-0.05, 0) is 0 Å². The molecule has 0 aromatic heterocycles. The van der Waals surface area contributed by atoms with Gasteiger partial charge >= 0.3 is 92.1 Å². The summed E-state index contributed by atoms with van der Waals surface area (Å²) in [5.41, 5.74) is 5.23. The Bertz CT molecular complexity index is 218. The van der Waals surface area contributed by atoms with Crippen molar-refractivity contribution in [3.05, 3.63) is 0 Å². The van der Waals surface area contributed by atoms with Gasteiger partial charge in [0, 0.05) is 14.0 Å². The van der Waals surface area contributed by atoms with Crippen LogP contribution in [0.1, 0.15) is 41.5 Å². The summed E-state index contributed by atoms with van der Waals surface area (Å²) in [6.07, 6.45) is 0. The molecule has 0 saturated carbocycles. The van der Waals surface area contributed by atoms with E-state index < -0.39 is 24.6 Å². The van der Waals surface area contributed by atoms with Crippen LogP contribution in [0.15, 0.2) is 0 Å². The minimum absolute atomic E-state index is 0.00463. The molecule has 22 heavy (non-hydrogen) atoms. The van der Waals surface area contributed by atoms with E-state index >= 15 is 0 Å². The van der Waals surface area contributed by atoms with E-state index in [0.29, 0.717) is 26.3 Å². The van der Waals surface area contributed by atoms with Gasteiger partial charge in [-0.25, -0.2) is 0 Å². The molecular formula is C15H37HgN3O3. The summed E-state index contributed by atoms with van der Waals surface area (Å²) < 4.78 is 7.23. The van der Waals surface area contributed by atoms with E-state index in [2.05, 4.69) is 17.6 Å². The van der Waals surface area contributed by atoms with Crippen LogP contribution >= 0.6 is 0 Å². The number of carbonyl (C=O) groups is 2. The Morgan fingerprint density at radius 2 is 1.64 bits per heavy atom. The van der Waals surface area contributed by atoms with Crippen molar-refractivity contribution in [2.24, 2.45) is 5.73 Å². The molecule has 0 unspecified atom stereocenters. The molecule has 6 nitrogen and oxygen atoms in total. The predicted molar refractivity (Wildman–Crippen MR) is 90.6 cm³/mol. The second kappa shape index (κ2) is 32.7. The Hall–Kier alpha value is -0.205. The SMILES string of the molecule is CC.CC.CNC(C)=O.C[CH2][Hg][CH2]C(=O)NCCOCCN. The summed E-state index contributed by atoms with van der Waals surface area (Å²) in [5.74, 6) is 0.213. The van der Waals surface area contributed by atoms with Gasteiger partial charge in [0.25, 0.3) is 0 Å². The maximum atomic E-state index is 11.1. The van der Waals surface area contributed by atoms with Gasteiger partial charge in [0.05, 0.1) is 0 Å². The van der Waals surface area contributed by atoms with Crippen LogP contribution in [0.25, 0.3) is 0 Å². The van der Waals surface area contributed by atoms with Crippen LogP contribution in [0, 0.1) is 0 Å². The van der Waals surface area contributed by atoms with Crippen molar-refractivity contribution in [3.63, 3.8) is 0 Å². The normalized spacial score (nSPS) is 7.64. The fraction of sp³-hybridized carbons (Fsp3) is 0.867. The van der Waals surface area contributed by atoms with Crippen molar-refractivity contribution in [2.75, 3.05) is 33.4 Å². The van der Waals surface area contributed by atoms with E-state index in [1.54, 1.807) is 7.05 Å². The number of carbonyl (C=O) groups excluding carboxylic acids is 2. The Balaban J connectivity index is -0.000000150. The first-order chi connectivity index (χ1) is 10.6. The van der Waals surface area contributed by atoms with E-state index in [0.717, 1.165) is 3.93 Å². The van der Waals surface area contributed by atoms with E-state index in [1.165, 1.54) is 10.9 Å². The molecule has 0 spiro atoms. The quantitative estimate of drug-likeness (QED) is 0.345. The molecule has 0 radical (unpaired) electrons. The molecular weight excluding hydrogens is 471 g/mol. The van der Waals surface area contributed by atoms with Crippen molar-refractivity contribution < 1.29 is 38.9 Å². The maximum absolute atomic E-state index is 11.1. The van der Waals surface area contributed by atoms with E-state index in [-0.39, 0.29) is 11.8 Å². The molecule has 0 rings (SSSR count). The van der Waals surface area contributed by atoms with E-state index in [9.17, 15) is 9.59 Å². The van der Waals surface area contributed by atoms with Gasteiger partial charge in [-0.1, -0.05) is 27.7 Å². The molecule has 2 amide bonds. The van der Waals surface area contributed by atoms with Crippen LogP contribution in [0.3, 0.4) is 0 Å². The number of amides is 2. The molecule has 0 aromatic rings. The van der Waals surface area contributed by atoms with Crippen molar-refractivity contribution in [1.82, 2.24) is 10.6 Å². The number of hydrogen-bond donors (Lipinski definition) is 3. The molecule has 0 bridgehead atoms. The van der Waals surface area contributed by atoms with Crippen molar-refractivity contribution >= 4 is 11.8 Å². The topological polar surface area (TPSA) is 93.5 Å². The van der Waals surface area contributed by atoms with Gasteiger partial charge in [-0.3, -0.25) is 4.79 Å². The zero-order valence-corrected chi connectivity index (χ0v) is 21.2. The van der Waals surface area contributed by atoms with Crippen LogP contribution in [0.2, 0.25) is 7.86 Å². The second-order valence-corrected chi connectivity index (χ2v) is 12.2. The monoisotopic (exact) mass is 509 g/mol. The summed E-state index contributed by atoms with van der Waals surface area (Å²) >= 11 is -0.800. The second-order valence-electron chi connectivity index (χ2n) is 3.66. The number of hydrogen-bond acceptors (Lipinski definition) is 4. The number of ether oxygens (including phenoxy) is 1. The molecule has 4 N–H and O–H groups in total. The third-order valence-corrected chi connectivity index (χ3v) is 7.83. The van der Waals surface area contributed by atoms with Gasteiger partial charge < -0.3 is 5.32 Å². The van der Waals surface area contributed by atoms with Crippen LogP contribution in [-0.4, -0.2) is 45.2 Å². The van der Waals surface area contributed by atoms with Crippen molar-refractivity contribution in [3.8, 4) is 0 Å². The summed E-state index contributed by atoms with van der Waals surface area (Å²) in [6, 6.07) is 0. The Morgan fingerprint density at radius 3 is 2.00 bits per heavy atom. The van der Waals surface area contributed by atoms with Gasteiger partial charge in [-0.2, -0.15) is 0 Å². The number of nitrogens with two attached hydrogens (primary N) is 1. The first-order valence-corrected chi connectivity index (χ1v) is 16.1. The van der Waals surface area contributed by atoms with Crippen molar-refractivity contribution in [2.45, 2.75) is 49.4 Å². The number of rotatable bonds is 8. The van der Waals surface area contributed by atoms with Crippen molar-refractivity contribution in [1.29, 1.82) is 0 Å². The van der Waals surface area contributed by atoms with E-state index in [1.807, 2.05) is 27.7 Å². The first-order valence-electron chi connectivity index (χ1n) is 8.31. The summed E-state index contributed by atoms with van der Waals surface area (Å²) in [7, 11) is 1.60. The fourth-order valence-corrected chi connectivity index (χ4v) is 4.18. The predicted octanol–water partition coefficient (Wildman–Crippen LogP) is 1.82. The zero-order valence-electron chi connectivity index (χ0n) is 15.8.